The van der Waals surface area contributed by atoms with E-state index in [0.717, 1.165) is 22.2 Å². The van der Waals surface area contributed by atoms with Gasteiger partial charge < -0.3 is 4.74 Å². The maximum atomic E-state index is 5.88. The number of nitrogens with zero attached hydrogens (tertiary/aromatic N) is 4. The van der Waals surface area contributed by atoms with Crippen molar-refractivity contribution in [1.82, 2.24) is 25.1 Å². The average Bonchev–Trinajstić information content (AvgIpc) is 3.03. The molecule has 4 rings (SSSR count). The number of ether oxygens (including phenoxy) is 1. The molecule has 0 atom stereocenters. The first-order chi connectivity index (χ1) is 11.3. The third kappa shape index (κ3) is 2.74. The molecule has 0 saturated heterocycles. The number of nitrogens with one attached hydrogen (secondary N) is 1. The van der Waals surface area contributed by atoms with Crippen LogP contribution in [0.2, 0.25) is 0 Å². The second-order valence-corrected chi connectivity index (χ2v) is 5.13. The van der Waals surface area contributed by atoms with E-state index in [4.69, 9.17) is 4.74 Å². The highest BCUT2D eigenvalue weighted by molar-refractivity contribution is 5.79. The molecule has 0 unspecified atom stereocenters. The van der Waals surface area contributed by atoms with Crippen molar-refractivity contribution in [2.45, 2.75) is 6.92 Å². The standard InChI is InChI=1S/C17H13N5O/c1-11-7-16(21-17(20-11)13-3-2-6-18-9-13)23-14-5-4-12-10-19-22-15(12)8-14/h2-10H,1H3,(H,19,22). The largest absolute Gasteiger partial charge is 0.439 e. The van der Waals surface area contributed by atoms with Gasteiger partial charge in [-0.15, -0.1) is 0 Å². The SMILES string of the molecule is Cc1cc(Oc2ccc3cn[nH]c3c2)nc(-c2cccnc2)n1. The summed E-state index contributed by atoms with van der Waals surface area (Å²) in [7, 11) is 0. The maximum Gasteiger partial charge on any atom is 0.223 e. The van der Waals surface area contributed by atoms with Gasteiger partial charge in [-0.3, -0.25) is 10.1 Å². The molecular formula is C17H13N5O. The van der Waals surface area contributed by atoms with Gasteiger partial charge in [-0.25, -0.2) is 4.98 Å². The van der Waals surface area contributed by atoms with Gasteiger partial charge in [0, 0.05) is 41.2 Å². The summed E-state index contributed by atoms with van der Waals surface area (Å²) in [5, 5.41) is 7.96. The fourth-order valence-electron chi connectivity index (χ4n) is 2.32. The fraction of sp³-hybridized carbons (Fsp3) is 0.0588. The third-order valence-electron chi connectivity index (χ3n) is 3.39. The van der Waals surface area contributed by atoms with Gasteiger partial charge in [0.05, 0.1) is 11.7 Å². The fourth-order valence-corrected chi connectivity index (χ4v) is 2.32. The Morgan fingerprint density at radius 1 is 1.04 bits per heavy atom. The number of rotatable bonds is 3. The second kappa shape index (κ2) is 5.49. The molecule has 4 aromatic rings. The first-order valence-electron chi connectivity index (χ1n) is 7.15. The van der Waals surface area contributed by atoms with Gasteiger partial charge in [0.15, 0.2) is 5.82 Å². The van der Waals surface area contributed by atoms with Gasteiger partial charge in [-0.2, -0.15) is 10.1 Å². The first-order valence-corrected chi connectivity index (χ1v) is 7.15. The Morgan fingerprint density at radius 2 is 2.00 bits per heavy atom. The normalized spacial score (nSPS) is 10.8. The van der Waals surface area contributed by atoms with Crippen molar-refractivity contribution in [3.8, 4) is 23.0 Å². The van der Waals surface area contributed by atoms with Crippen molar-refractivity contribution in [2.24, 2.45) is 0 Å². The Hall–Kier alpha value is -3.28. The van der Waals surface area contributed by atoms with Crippen molar-refractivity contribution in [3.05, 3.63) is 60.7 Å². The van der Waals surface area contributed by atoms with Crippen LogP contribution in [0.1, 0.15) is 5.69 Å². The molecule has 0 fully saturated rings. The van der Waals surface area contributed by atoms with E-state index >= 15 is 0 Å². The lowest BCUT2D eigenvalue weighted by molar-refractivity contribution is 0.462. The number of H-pyrrole nitrogens is 1. The summed E-state index contributed by atoms with van der Waals surface area (Å²) < 4.78 is 5.88. The Kier molecular flexibility index (Phi) is 3.20. The number of hydrogen-bond donors (Lipinski definition) is 1. The van der Waals surface area contributed by atoms with Gasteiger partial charge >= 0.3 is 0 Å². The Morgan fingerprint density at radius 3 is 2.87 bits per heavy atom. The number of aryl methyl sites for hydroxylation is 1. The summed E-state index contributed by atoms with van der Waals surface area (Å²) in [6, 6.07) is 11.3. The monoisotopic (exact) mass is 303 g/mol. The number of aromatic nitrogens is 5. The van der Waals surface area contributed by atoms with Gasteiger partial charge in [-0.05, 0) is 31.2 Å². The minimum atomic E-state index is 0.496. The number of benzene rings is 1. The number of hydrogen-bond acceptors (Lipinski definition) is 5. The lowest BCUT2D eigenvalue weighted by atomic mass is 10.2. The zero-order chi connectivity index (χ0) is 15.6. The Bertz CT molecular complexity index is 965. The minimum Gasteiger partial charge on any atom is -0.439 e. The van der Waals surface area contributed by atoms with E-state index in [1.54, 1.807) is 24.7 Å². The van der Waals surface area contributed by atoms with Crippen LogP contribution in [-0.2, 0) is 0 Å². The van der Waals surface area contributed by atoms with E-state index in [1.807, 2.05) is 37.3 Å². The van der Waals surface area contributed by atoms with Crippen molar-refractivity contribution in [1.29, 1.82) is 0 Å². The number of pyridine rings is 1. The number of aromatic amines is 1. The second-order valence-electron chi connectivity index (χ2n) is 5.13. The Labute approximate surface area is 132 Å². The quantitative estimate of drug-likeness (QED) is 0.626. The van der Waals surface area contributed by atoms with E-state index in [-0.39, 0.29) is 0 Å². The molecule has 1 N–H and O–H groups in total. The smallest absolute Gasteiger partial charge is 0.223 e. The zero-order valence-electron chi connectivity index (χ0n) is 12.4. The molecule has 3 heterocycles. The lowest BCUT2D eigenvalue weighted by Gasteiger charge is -2.08. The highest BCUT2D eigenvalue weighted by atomic mass is 16.5. The van der Waals surface area contributed by atoms with E-state index in [1.165, 1.54) is 0 Å². The van der Waals surface area contributed by atoms with Crippen molar-refractivity contribution in [2.75, 3.05) is 0 Å². The summed E-state index contributed by atoms with van der Waals surface area (Å²) in [5.74, 6) is 1.78. The van der Waals surface area contributed by atoms with Crippen LogP contribution in [0.4, 0.5) is 0 Å². The molecular weight excluding hydrogens is 290 g/mol. The van der Waals surface area contributed by atoms with E-state index in [2.05, 4.69) is 25.1 Å². The van der Waals surface area contributed by atoms with Crippen LogP contribution in [0.25, 0.3) is 22.3 Å². The van der Waals surface area contributed by atoms with Gasteiger partial charge in [0.1, 0.15) is 5.75 Å². The van der Waals surface area contributed by atoms with E-state index in [9.17, 15) is 0 Å². The van der Waals surface area contributed by atoms with Gasteiger partial charge in [-0.1, -0.05) is 0 Å². The highest BCUT2D eigenvalue weighted by Gasteiger charge is 2.07. The van der Waals surface area contributed by atoms with Crippen molar-refractivity contribution in [3.63, 3.8) is 0 Å². The minimum absolute atomic E-state index is 0.496. The molecule has 0 amide bonds. The molecule has 0 bridgehead atoms. The molecule has 1 aromatic carbocycles. The van der Waals surface area contributed by atoms with Gasteiger partial charge in [0.25, 0.3) is 0 Å². The third-order valence-corrected chi connectivity index (χ3v) is 3.39. The maximum absolute atomic E-state index is 5.88. The molecule has 0 aliphatic carbocycles. The lowest BCUT2D eigenvalue weighted by Crippen LogP contribution is -1.96. The summed E-state index contributed by atoms with van der Waals surface area (Å²) >= 11 is 0. The van der Waals surface area contributed by atoms with Crippen LogP contribution in [0, 0.1) is 6.92 Å². The molecule has 6 heteroatoms. The van der Waals surface area contributed by atoms with Crippen molar-refractivity contribution < 1.29 is 4.74 Å². The van der Waals surface area contributed by atoms with Gasteiger partial charge in [0.2, 0.25) is 5.88 Å². The molecule has 0 saturated carbocycles. The van der Waals surface area contributed by atoms with Crippen LogP contribution in [0.5, 0.6) is 11.6 Å². The summed E-state index contributed by atoms with van der Waals surface area (Å²) in [5.41, 5.74) is 2.60. The number of fused-ring (bicyclic) bond motifs is 1. The molecule has 112 valence electrons. The summed E-state index contributed by atoms with van der Waals surface area (Å²) in [6.45, 7) is 1.91. The predicted molar refractivity (Wildman–Crippen MR) is 86.2 cm³/mol. The van der Waals surface area contributed by atoms with Crippen molar-refractivity contribution >= 4 is 10.9 Å². The topological polar surface area (TPSA) is 76.6 Å². The van der Waals surface area contributed by atoms with Crippen LogP contribution in [-0.4, -0.2) is 25.1 Å². The molecule has 0 spiro atoms. The highest BCUT2D eigenvalue weighted by Crippen LogP contribution is 2.25. The van der Waals surface area contributed by atoms with E-state index in [0.29, 0.717) is 17.5 Å². The average molecular weight is 303 g/mol. The zero-order valence-corrected chi connectivity index (χ0v) is 12.4. The van der Waals surface area contributed by atoms with Crippen LogP contribution >= 0.6 is 0 Å². The molecule has 23 heavy (non-hydrogen) atoms. The Balaban J connectivity index is 1.69. The summed E-state index contributed by atoms with van der Waals surface area (Å²) in [4.78, 5) is 13.0. The summed E-state index contributed by atoms with van der Waals surface area (Å²) in [6.07, 6.45) is 5.22. The molecule has 0 radical (unpaired) electrons. The first kappa shape index (κ1) is 13.4. The van der Waals surface area contributed by atoms with E-state index < -0.39 is 0 Å². The molecule has 3 aromatic heterocycles. The molecule has 0 aliphatic heterocycles. The van der Waals surface area contributed by atoms with Crippen LogP contribution < -0.4 is 4.74 Å². The van der Waals surface area contributed by atoms with Crippen LogP contribution in [0.15, 0.2) is 55.0 Å². The molecule has 6 nitrogen and oxygen atoms in total. The molecule has 0 aliphatic rings. The predicted octanol–water partition coefficient (Wildman–Crippen LogP) is 3.52. The van der Waals surface area contributed by atoms with Crippen LogP contribution in [0.3, 0.4) is 0 Å².